The highest BCUT2D eigenvalue weighted by Crippen LogP contribution is 2.62. The van der Waals surface area contributed by atoms with Crippen molar-refractivity contribution in [3.63, 3.8) is 0 Å². The Hall–Kier alpha value is -4.15. The van der Waals surface area contributed by atoms with Crippen molar-refractivity contribution in [2.45, 2.75) is 23.5 Å². The van der Waals surface area contributed by atoms with Gasteiger partial charge in [-0.25, -0.2) is 4.79 Å². The highest BCUT2D eigenvalue weighted by atomic mass is 79.9. The van der Waals surface area contributed by atoms with Gasteiger partial charge in [-0.05, 0) is 111 Å². The van der Waals surface area contributed by atoms with Gasteiger partial charge in [0.2, 0.25) is 5.75 Å². The number of hydrogen-bond donors (Lipinski definition) is 7. The number of halogens is 4. The zero-order valence-electron chi connectivity index (χ0n) is 25.5. The number of ether oxygens (including phenoxy) is 3. The number of phenolic OH excluding ortho intramolecular Hbond substituents is 6. The third-order valence-electron chi connectivity index (χ3n) is 9.53. The van der Waals surface area contributed by atoms with E-state index >= 15 is 0 Å². The molecule has 0 aromatic heterocycles. The number of fused-ring (bicyclic) bond motifs is 11. The monoisotopic (exact) mass is 946 g/mol. The summed E-state index contributed by atoms with van der Waals surface area (Å²) in [6.07, 6.45) is 0.266. The molecule has 7 N–H and O–H groups in total. The molecule has 0 fully saturated rings. The van der Waals surface area contributed by atoms with E-state index in [0.717, 1.165) is 0 Å². The third-order valence-corrected chi connectivity index (χ3v) is 12.2. The lowest BCUT2D eigenvalue weighted by molar-refractivity contribution is -0.0228. The van der Waals surface area contributed by atoms with Crippen LogP contribution in [0.4, 0.5) is 0 Å². The van der Waals surface area contributed by atoms with Crippen LogP contribution in [-0.2, 0) is 16.8 Å². The lowest BCUT2D eigenvalue weighted by atomic mass is 9.77. The number of aliphatic hydroxyl groups is 1. The molecule has 3 aliphatic heterocycles. The largest absolute Gasteiger partial charge is 0.505 e. The lowest BCUT2D eigenvalue weighted by Crippen LogP contribution is -2.43. The number of aromatic hydroxyl groups is 6. The maximum atomic E-state index is 12.8. The predicted molar refractivity (Wildman–Crippen MR) is 194 cm³/mol. The Morgan fingerprint density at radius 3 is 1.92 bits per heavy atom. The second-order valence-electron chi connectivity index (χ2n) is 12.4. The van der Waals surface area contributed by atoms with Gasteiger partial charge in [-0.1, -0.05) is 24.3 Å². The summed E-state index contributed by atoms with van der Waals surface area (Å²) in [6.45, 7) is -0.0577. The van der Waals surface area contributed by atoms with Gasteiger partial charge in [-0.3, -0.25) is 0 Å². The number of benzene rings is 5. The van der Waals surface area contributed by atoms with Gasteiger partial charge in [0.1, 0.15) is 32.7 Å². The van der Waals surface area contributed by atoms with Crippen LogP contribution in [0.2, 0.25) is 0 Å². The normalized spacial score (nSPS) is 19.5. The van der Waals surface area contributed by atoms with Crippen LogP contribution in [0, 0.1) is 0 Å². The minimum absolute atomic E-state index is 0.0577. The van der Waals surface area contributed by atoms with Crippen molar-refractivity contribution in [2.75, 3.05) is 6.61 Å². The molecule has 260 valence electrons. The topological polar surface area (TPSA) is 186 Å². The number of carbonyl (C=O) groups is 1. The van der Waals surface area contributed by atoms with Crippen molar-refractivity contribution in [2.24, 2.45) is 0 Å². The average Bonchev–Trinajstić information content (AvgIpc) is 3.56. The zero-order chi connectivity index (χ0) is 36.3. The van der Waals surface area contributed by atoms with E-state index in [4.69, 9.17) is 14.2 Å². The average molecular weight is 950 g/mol. The highest BCUT2D eigenvalue weighted by molar-refractivity contribution is 9.11. The van der Waals surface area contributed by atoms with Crippen LogP contribution in [0.3, 0.4) is 0 Å². The summed E-state index contributed by atoms with van der Waals surface area (Å²) < 4.78 is 19.0. The Kier molecular flexibility index (Phi) is 7.78. The smallest absolute Gasteiger partial charge is 0.340 e. The van der Waals surface area contributed by atoms with Gasteiger partial charge in [0.15, 0.2) is 40.1 Å². The summed E-state index contributed by atoms with van der Waals surface area (Å²) in [5.74, 6) is -1.56. The zero-order valence-corrected chi connectivity index (χ0v) is 31.9. The van der Waals surface area contributed by atoms with Crippen molar-refractivity contribution in [3.05, 3.63) is 117 Å². The molecule has 1 spiro atoms. The minimum Gasteiger partial charge on any atom is -0.505 e. The SMILES string of the molecule is O=C1OC2(c3ccccc31)c1cc(Br)c(O)c(Br)c1Oc1c2cc(Br)c(O)c1Br.Oc1cc2c(cc1O)[C@@H]1c3ccc(O)c(O)c3OC[C@]1(O)C2. The number of hydrogen-bond acceptors (Lipinski definition) is 11. The van der Waals surface area contributed by atoms with Gasteiger partial charge < -0.3 is 50.0 Å². The van der Waals surface area contributed by atoms with E-state index in [2.05, 4.69) is 63.7 Å². The summed E-state index contributed by atoms with van der Waals surface area (Å²) in [6, 6.07) is 16.2. The first-order valence-corrected chi connectivity index (χ1v) is 18.2. The Bertz CT molecular complexity index is 2320. The molecule has 0 saturated carbocycles. The van der Waals surface area contributed by atoms with Crippen LogP contribution in [0.25, 0.3) is 0 Å². The second kappa shape index (κ2) is 11.7. The minimum atomic E-state index is -1.33. The Morgan fingerprint density at radius 1 is 0.667 bits per heavy atom. The first-order valence-electron chi connectivity index (χ1n) is 15.1. The predicted octanol–water partition coefficient (Wildman–Crippen LogP) is 8.04. The quantitative estimate of drug-likeness (QED) is 0.0589. The van der Waals surface area contributed by atoms with E-state index in [0.29, 0.717) is 56.8 Å². The van der Waals surface area contributed by atoms with Gasteiger partial charge in [-0.15, -0.1) is 0 Å². The lowest BCUT2D eigenvalue weighted by Gasteiger charge is -2.37. The number of rotatable bonds is 0. The van der Waals surface area contributed by atoms with E-state index in [1.807, 2.05) is 12.1 Å². The molecule has 5 aromatic carbocycles. The number of carbonyl (C=O) groups excluding carboxylic acids is 1. The van der Waals surface area contributed by atoms with Crippen LogP contribution >= 0.6 is 63.7 Å². The second-order valence-corrected chi connectivity index (χ2v) is 15.7. The van der Waals surface area contributed by atoms with Crippen LogP contribution in [0.1, 0.15) is 49.7 Å². The van der Waals surface area contributed by atoms with E-state index in [9.17, 15) is 40.5 Å². The molecule has 4 aliphatic rings. The molecule has 11 nitrogen and oxygen atoms in total. The fourth-order valence-corrected chi connectivity index (χ4v) is 9.70. The Morgan fingerprint density at radius 2 is 1.27 bits per heavy atom. The summed E-state index contributed by atoms with van der Waals surface area (Å²) in [7, 11) is 0. The molecule has 5 aromatic rings. The maximum absolute atomic E-state index is 12.8. The van der Waals surface area contributed by atoms with Gasteiger partial charge >= 0.3 is 5.97 Å². The fourth-order valence-electron chi connectivity index (χ4n) is 7.29. The third kappa shape index (κ3) is 4.78. The van der Waals surface area contributed by atoms with Crippen molar-refractivity contribution in [1.29, 1.82) is 0 Å². The van der Waals surface area contributed by atoms with Crippen molar-refractivity contribution in [3.8, 4) is 51.7 Å². The fraction of sp³-hybridized carbons (Fsp3) is 0.139. The van der Waals surface area contributed by atoms with Gasteiger partial charge in [0, 0.05) is 23.5 Å². The molecule has 51 heavy (non-hydrogen) atoms. The molecule has 9 rings (SSSR count). The molecule has 0 saturated heterocycles. The Labute approximate surface area is 321 Å². The maximum Gasteiger partial charge on any atom is 0.340 e. The molecular formula is C36H22Br4O11. The van der Waals surface area contributed by atoms with E-state index in [1.165, 1.54) is 18.2 Å². The van der Waals surface area contributed by atoms with Crippen LogP contribution < -0.4 is 9.47 Å². The molecular weight excluding hydrogens is 928 g/mol. The van der Waals surface area contributed by atoms with Gasteiger partial charge in [0.05, 0.1) is 25.6 Å². The molecule has 3 heterocycles. The van der Waals surface area contributed by atoms with E-state index in [-0.39, 0.29) is 64.8 Å². The Balaban J connectivity index is 0.000000152. The van der Waals surface area contributed by atoms with Gasteiger partial charge in [-0.2, -0.15) is 0 Å². The first-order chi connectivity index (χ1) is 24.2. The molecule has 2 atom stereocenters. The molecule has 1 aliphatic carbocycles. The first kappa shape index (κ1) is 34.0. The number of esters is 1. The van der Waals surface area contributed by atoms with Crippen LogP contribution in [0.15, 0.2) is 78.6 Å². The molecule has 0 amide bonds. The highest BCUT2D eigenvalue weighted by Gasteiger charge is 2.55. The summed E-state index contributed by atoms with van der Waals surface area (Å²) in [5, 5.41) is 70.6. The van der Waals surface area contributed by atoms with E-state index < -0.39 is 23.1 Å². The summed E-state index contributed by atoms with van der Waals surface area (Å²) >= 11 is 13.5. The van der Waals surface area contributed by atoms with Crippen LogP contribution in [0.5, 0.6) is 51.7 Å². The summed E-state index contributed by atoms with van der Waals surface area (Å²) in [5.41, 5.74) is 1.52. The van der Waals surface area contributed by atoms with Crippen molar-refractivity contribution >= 4 is 69.7 Å². The van der Waals surface area contributed by atoms with Crippen LogP contribution in [-0.4, -0.2) is 53.9 Å². The molecule has 0 bridgehead atoms. The van der Waals surface area contributed by atoms with Crippen molar-refractivity contribution < 1.29 is 54.8 Å². The van der Waals surface area contributed by atoms with Crippen molar-refractivity contribution in [1.82, 2.24) is 0 Å². The number of phenols is 6. The summed E-state index contributed by atoms with van der Waals surface area (Å²) in [4.78, 5) is 12.8. The molecule has 15 heteroatoms. The van der Waals surface area contributed by atoms with Gasteiger partial charge in [0.25, 0.3) is 0 Å². The van der Waals surface area contributed by atoms with E-state index in [1.54, 1.807) is 30.3 Å². The molecule has 0 radical (unpaired) electrons. The standard InChI is InChI=1S/C20H8Br4O5.C16H14O6/c21-11-5-9-17(13(23)15(11)25)28-18-10(6-12(22)16(26)14(18)24)20(9)8-4-2-1-3-7(8)19(27)29-20;17-10-2-1-8-13-9-4-12(19)11(18)3-7(9)5-16(13,21)6-22-15(8)14(10)20/h1-6,25-26H;1-4,13,17-21H,5-6H2/t;13-,16+/m.0/s1. The molecule has 0 unspecified atom stereocenters.